The van der Waals surface area contributed by atoms with Crippen LogP contribution >= 0.6 is 0 Å². The Balaban J connectivity index is 3.27. The van der Waals surface area contributed by atoms with Crippen molar-refractivity contribution < 1.29 is 16.8 Å². The van der Waals surface area contributed by atoms with E-state index < -0.39 is 20.0 Å². The summed E-state index contributed by atoms with van der Waals surface area (Å²) in [7, 11) is -5.03. The third-order valence-electron chi connectivity index (χ3n) is 2.57. The van der Waals surface area contributed by atoms with Crippen LogP contribution in [0, 0.1) is 0 Å². The van der Waals surface area contributed by atoms with E-state index >= 15 is 0 Å². The third kappa shape index (κ3) is 3.76. The first-order valence-electron chi connectivity index (χ1n) is 5.95. The van der Waals surface area contributed by atoms with E-state index in [2.05, 4.69) is 4.72 Å². The zero-order valence-electron chi connectivity index (χ0n) is 11.4. The Morgan fingerprint density at radius 3 is 2.15 bits per heavy atom. The summed E-state index contributed by atoms with van der Waals surface area (Å²) in [6.07, 6.45) is 0.474. The van der Waals surface area contributed by atoms with Crippen LogP contribution in [0.1, 0.15) is 6.42 Å². The predicted octanol–water partition coefficient (Wildman–Crippen LogP) is -0.436. The second kappa shape index (κ2) is 6.64. The third-order valence-corrected chi connectivity index (χ3v) is 6.09. The maximum Gasteiger partial charge on any atom is 0.243 e. The Hall–Kier alpha value is -1.00. The van der Waals surface area contributed by atoms with Gasteiger partial charge in [-0.15, -0.1) is 0 Å². The van der Waals surface area contributed by atoms with E-state index in [1.54, 1.807) is 0 Å². The van der Waals surface area contributed by atoms with Crippen LogP contribution in [0.15, 0.2) is 34.1 Å². The van der Waals surface area contributed by atoms with Crippen LogP contribution in [0.4, 0.5) is 0 Å². The zero-order valence-corrected chi connectivity index (χ0v) is 13.0. The first-order valence-corrected chi connectivity index (χ1v) is 8.87. The number of hydrogen-bond acceptors (Lipinski definition) is 5. The van der Waals surface area contributed by atoms with Crippen molar-refractivity contribution in [2.75, 3.05) is 27.2 Å². The van der Waals surface area contributed by atoms with Gasteiger partial charge in [-0.2, -0.15) is 0 Å². The van der Waals surface area contributed by atoms with Crippen LogP contribution in [0.2, 0.25) is 0 Å². The number of rotatable bonds is 7. The molecule has 0 aromatic heterocycles. The van der Waals surface area contributed by atoms with Gasteiger partial charge in [0, 0.05) is 20.6 Å². The summed E-state index contributed by atoms with van der Waals surface area (Å²) in [5.74, 6) is 0. The summed E-state index contributed by atoms with van der Waals surface area (Å²) in [4.78, 5) is -0.504. The monoisotopic (exact) mass is 321 g/mol. The standard InChI is InChI=1S/C11H19N3O4S2/c1-14(2)20(17,18)11-7-4-3-6-10(11)19(15,16)13-9-5-8-12/h3-4,6-7,13H,5,8-9,12H2,1-2H3. The molecule has 0 saturated carbocycles. The summed E-state index contributed by atoms with van der Waals surface area (Å²) in [5, 5.41) is 0. The van der Waals surface area contributed by atoms with Crippen LogP contribution < -0.4 is 10.5 Å². The van der Waals surface area contributed by atoms with Crippen molar-refractivity contribution in [3.05, 3.63) is 24.3 Å². The van der Waals surface area contributed by atoms with Crippen molar-refractivity contribution in [2.24, 2.45) is 5.73 Å². The van der Waals surface area contributed by atoms with Gasteiger partial charge in [-0.05, 0) is 25.1 Å². The number of benzene rings is 1. The van der Waals surface area contributed by atoms with Crippen molar-refractivity contribution >= 4 is 20.0 Å². The second-order valence-electron chi connectivity index (χ2n) is 4.27. The highest BCUT2D eigenvalue weighted by Gasteiger charge is 2.27. The maximum atomic E-state index is 12.2. The van der Waals surface area contributed by atoms with Gasteiger partial charge in [-0.25, -0.2) is 25.9 Å². The summed E-state index contributed by atoms with van der Waals surface area (Å²) >= 11 is 0. The van der Waals surface area contributed by atoms with Crippen LogP contribution in [0.5, 0.6) is 0 Å². The fraction of sp³-hybridized carbons (Fsp3) is 0.455. The summed E-state index contributed by atoms with van der Waals surface area (Å²) in [5.41, 5.74) is 5.30. The fourth-order valence-electron chi connectivity index (χ4n) is 1.47. The number of hydrogen-bond donors (Lipinski definition) is 2. The normalized spacial score (nSPS) is 12.8. The Labute approximate surface area is 119 Å². The minimum absolute atomic E-state index is 0.162. The van der Waals surface area contributed by atoms with Gasteiger partial charge in [-0.1, -0.05) is 12.1 Å². The molecule has 0 radical (unpaired) electrons. The van der Waals surface area contributed by atoms with Crippen LogP contribution in [-0.2, 0) is 20.0 Å². The molecule has 0 aliphatic heterocycles. The fourth-order valence-corrected chi connectivity index (χ4v) is 4.24. The summed E-state index contributed by atoms with van der Waals surface area (Å²) < 4.78 is 51.9. The Morgan fingerprint density at radius 1 is 1.10 bits per heavy atom. The molecule has 9 heteroatoms. The molecule has 0 aliphatic rings. The molecule has 0 unspecified atom stereocenters. The van der Waals surface area contributed by atoms with Crippen molar-refractivity contribution in [3.8, 4) is 0 Å². The maximum absolute atomic E-state index is 12.2. The van der Waals surface area contributed by atoms with Gasteiger partial charge in [0.05, 0.1) is 0 Å². The average Bonchev–Trinajstić information content (AvgIpc) is 2.38. The molecule has 0 fully saturated rings. The molecule has 1 rings (SSSR count). The lowest BCUT2D eigenvalue weighted by Gasteiger charge is -2.15. The van der Waals surface area contributed by atoms with Crippen molar-refractivity contribution in [1.29, 1.82) is 0 Å². The molecule has 0 saturated heterocycles. The van der Waals surface area contributed by atoms with Gasteiger partial charge in [0.15, 0.2) is 0 Å². The van der Waals surface area contributed by atoms with Crippen LogP contribution in [0.3, 0.4) is 0 Å². The zero-order chi connectivity index (χ0) is 15.4. The number of nitrogens with one attached hydrogen (secondary N) is 1. The highest BCUT2D eigenvalue weighted by atomic mass is 32.2. The van der Waals surface area contributed by atoms with Gasteiger partial charge in [0.2, 0.25) is 20.0 Å². The molecule has 0 aliphatic carbocycles. The van der Waals surface area contributed by atoms with Gasteiger partial charge in [0.1, 0.15) is 9.79 Å². The SMILES string of the molecule is CN(C)S(=O)(=O)c1ccccc1S(=O)(=O)NCCCN. The van der Waals surface area contributed by atoms with Crippen LogP contribution in [0.25, 0.3) is 0 Å². The number of nitrogens with two attached hydrogens (primary N) is 1. The first-order chi connectivity index (χ1) is 9.23. The molecular weight excluding hydrogens is 302 g/mol. The van der Waals surface area contributed by atoms with Crippen LogP contribution in [-0.4, -0.2) is 48.3 Å². The summed E-state index contributed by atoms with van der Waals surface area (Å²) in [6, 6.07) is 5.50. The molecule has 20 heavy (non-hydrogen) atoms. The van der Waals surface area contributed by atoms with Crippen molar-refractivity contribution in [1.82, 2.24) is 9.03 Å². The lowest BCUT2D eigenvalue weighted by Crippen LogP contribution is -2.30. The summed E-state index contributed by atoms with van der Waals surface area (Å²) in [6.45, 7) is 0.509. The molecular formula is C11H19N3O4S2. The van der Waals surface area contributed by atoms with E-state index in [9.17, 15) is 16.8 Å². The largest absolute Gasteiger partial charge is 0.330 e. The van der Waals surface area contributed by atoms with E-state index in [4.69, 9.17) is 5.73 Å². The first kappa shape index (κ1) is 17.1. The molecule has 3 N–H and O–H groups in total. The molecule has 0 atom stereocenters. The smallest absolute Gasteiger partial charge is 0.243 e. The topological polar surface area (TPSA) is 110 Å². The lowest BCUT2D eigenvalue weighted by molar-refractivity contribution is 0.516. The van der Waals surface area contributed by atoms with Gasteiger partial charge in [-0.3, -0.25) is 0 Å². The quantitative estimate of drug-likeness (QED) is 0.662. The second-order valence-corrected chi connectivity index (χ2v) is 8.13. The van der Waals surface area contributed by atoms with E-state index in [0.717, 1.165) is 4.31 Å². The Bertz CT molecular complexity index is 654. The molecule has 0 heterocycles. The van der Waals surface area contributed by atoms with Gasteiger partial charge >= 0.3 is 0 Å². The van der Waals surface area contributed by atoms with Gasteiger partial charge in [0.25, 0.3) is 0 Å². The highest BCUT2D eigenvalue weighted by Crippen LogP contribution is 2.22. The Kier molecular flexibility index (Phi) is 5.66. The highest BCUT2D eigenvalue weighted by molar-refractivity contribution is 7.92. The van der Waals surface area contributed by atoms with Crippen molar-refractivity contribution in [3.63, 3.8) is 0 Å². The average molecular weight is 321 g/mol. The minimum atomic E-state index is -3.89. The lowest BCUT2D eigenvalue weighted by atomic mass is 10.4. The molecule has 1 aromatic rings. The molecule has 114 valence electrons. The van der Waals surface area contributed by atoms with E-state index in [-0.39, 0.29) is 16.3 Å². The van der Waals surface area contributed by atoms with Crippen molar-refractivity contribution in [2.45, 2.75) is 16.2 Å². The van der Waals surface area contributed by atoms with Gasteiger partial charge < -0.3 is 5.73 Å². The predicted molar refractivity (Wildman–Crippen MR) is 76.2 cm³/mol. The molecule has 0 amide bonds. The number of nitrogens with zero attached hydrogens (tertiary/aromatic N) is 1. The minimum Gasteiger partial charge on any atom is -0.330 e. The van der Waals surface area contributed by atoms with E-state index in [1.807, 2.05) is 0 Å². The van der Waals surface area contributed by atoms with E-state index in [1.165, 1.54) is 38.4 Å². The molecule has 0 spiro atoms. The number of sulfonamides is 2. The van der Waals surface area contributed by atoms with E-state index in [0.29, 0.717) is 13.0 Å². The molecule has 1 aromatic carbocycles. The molecule has 0 bridgehead atoms. The molecule has 7 nitrogen and oxygen atoms in total. The Morgan fingerprint density at radius 2 is 1.65 bits per heavy atom.